The van der Waals surface area contributed by atoms with Gasteiger partial charge in [0, 0.05) is 29.2 Å². The van der Waals surface area contributed by atoms with Crippen LogP contribution in [-0.2, 0) is 6.54 Å². The van der Waals surface area contributed by atoms with Crippen molar-refractivity contribution in [2.75, 3.05) is 0 Å². The maximum atomic E-state index is 13.4. The Kier molecular flexibility index (Phi) is 5.39. The largest absolute Gasteiger partial charge is 0.437 e. The van der Waals surface area contributed by atoms with Crippen molar-refractivity contribution in [3.05, 3.63) is 51.9 Å². The molecular formula is C15H15Cl2FN2O. The van der Waals surface area contributed by atoms with E-state index in [1.54, 1.807) is 18.2 Å². The SMILES string of the molecule is CC(C)NCc1cc(F)cnc1Oc1cc(Cl)ccc1Cl. The Morgan fingerprint density at radius 1 is 1.29 bits per heavy atom. The molecule has 6 heteroatoms. The molecule has 0 fully saturated rings. The van der Waals surface area contributed by atoms with Crippen LogP contribution in [0.5, 0.6) is 11.6 Å². The zero-order chi connectivity index (χ0) is 15.4. The number of aromatic nitrogens is 1. The van der Waals surface area contributed by atoms with E-state index in [1.165, 1.54) is 6.07 Å². The van der Waals surface area contributed by atoms with Gasteiger partial charge >= 0.3 is 0 Å². The van der Waals surface area contributed by atoms with Crippen LogP contribution < -0.4 is 10.1 Å². The zero-order valence-electron chi connectivity index (χ0n) is 11.7. The van der Waals surface area contributed by atoms with E-state index in [0.717, 1.165) is 6.20 Å². The third kappa shape index (κ3) is 4.56. The number of halogens is 3. The summed E-state index contributed by atoms with van der Waals surface area (Å²) in [6, 6.07) is 6.53. The van der Waals surface area contributed by atoms with Crippen LogP contribution in [-0.4, -0.2) is 11.0 Å². The molecule has 0 radical (unpaired) electrons. The van der Waals surface area contributed by atoms with E-state index in [2.05, 4.69) is 10.3 Å². The summed E-state index contributed by atoms with van der Waals surface area (Å²) in [4.78, 5) is 3.98. The van der Waals surface area contributed by atoms with Crippen LogP contribution in [0.3, 0.4) is 0 Å². The molecule has 21 heavy (non-hydrogen) atoms. The molecule has 0 amide bonds. The topological polar surface area (TPSA) is 34.2 Å². The quantitative estimate of drug-likeness (QED) is 0.854. The molecule has 2 aromatic rings. The van der Waals surface area contributed by atoms with Crippen LogP contribution in [0, 0.1) is 5.82 Å². The van der Waals surface area contributed by atoms with Crippen LogP contribution in [0.25, 0.3) is 0 Å². The van der Waals surface area contributed by atoms with Gasteiger partial charge in [-0.2, -0.15) is 0 Å². The Morgan fingerprint density at radius 3 is 2.76 bits per heavy atom. The monoisotopic (exact) mass is 328 g/mol. The van der Waals surface area contributed by atoms with Crippen molar-refractivity contribution in [1.29, 1.82) is 0 Å². The van der Waals surface area contributed by atoms with E-state index in [9.17, 15) is 4.39 Å². The minimum atomic E-state index is -0.417. The van der Waals surface area contributed by atoms with Gasteiger partial charge in [-0.3, -0.25) is 0 Å². The van der Waals surface area contributed by atoms with Crippen molar-refractivity contribution >= 4 is 23.2 Å². The number of nitrogens with one attached hydrogen (secondary N) is 1. The number of rotatable bonds is 5. The molecule has 0 saturated carbocycles. The van der Waals surface area contributed by atoms with E-state index >= 15 is 0 Å². The Labute approximate surface area is 133 Å². The predicted octanol–water partition coefficient (Wildman–Crippen LogP) is 4.82. The third-order valence-corrected chi connectivity index (χ3v) is 3.24. The normalized spacial score (nSPS) is 11.0. The molecule has 3 nitrogen and oxygen atoms in total. The second kappa shape index (κ2) is 7.07. The number of hydrogen-bond donors (Lipinski definition) is 1. The standard InChI is InChI=1S/C15H15Cl2FN2O/c1-9(2)19-7-10-5-12(18)8-20-15(10)21-14-6-11(16)3-4-13(14)17/h3-6,8-9,19H,7H2,1-2H3. The highest BCUT2D eigenvalue weighted by molar-refractivity contribution is 6.34. The first kappa shape index (κ1) is 16.0. The third-order valence-electron chi connectivity index (χ3n) is 2.69. The van der Waals surface area contributed by atoms with Gasteiger partial charge in [-0.15, -0.1) is 0 Å². The Balaban J connectivity index is 2.28. The van der Waals surface area contributed by atoms with E-state index < -0.39 is 5.82 Å². The van der Waals surface area contributed by atoms with Gasteiger partial charge in [0.1, 0.15) is 11.6 Å². The van der Waals surface area contributed by atoms with Crippen LogP contribution in [0.15, 0.2) is 30.5 Å². The molecule has 1 aromatic carbocycles. The number of hydrogen-bond acceptors (Lipinski definition) is 3. The molecule has 1 N–H and O–H groups in total. The lowest BCUT2D eigenvalue weighted by Crippen LogP contribution is -2.22. The lowest BCUT2D eigenvalue weighted by molar-refractivity contribution is 0.446. The second-order valence-corrected chi connectivity index (χ2v) is 5.67. The first-order valence-electron chi connectivity index (χ1n) is 6.46. The van der Waals surface area contributed by atoms with Crippen LogP contribution in [0.1, 0.15) is 19.4 Å². The van der Waals surface area contributed by atoms with Crippen molar-refractivity contribution in [2.24, 2.45) is 0 Å². The van der Waals surface area contributed by atoms with Crippen molar-refractivity contribution in [1.82, 2.24) is 10.3 Å². The lowest BCUT2D eigenvalue weighted by Gasteiger charge is -2.13. The summed E-state index contributed by atoms with van der Waals surface area (Å²) in [6.45, 7) is 4.44. The van der Waals surface area contributed by atoms with Crippen molar-refractivity contribution < 1.29 is 9.13 Å². The average molecular weight is 329 g/mol. The molecule has 0 saturated heterocycles. The molecule has 1 aromatic heterocycles. The van der Waals surface area contributed by atoms with Gasteiger partial charge in [-0.25, -0.2) is 9.37 Å². The maximum absolute atomic E-state index is 13.4. The fourth-order valence-corrected chi connectivity index (χ4v) is 1.98. The summed E-state index contributed by atoms with van der Waals surface area (Å²) in [5, 5.41) is 4.10. The van der Waals surface area contributed by atoms with Gasteiger partial charge in [-0.05, 0) is 18.2 Å². The fraction of sp³-hybridized carbons (Fsp3) is 0.267. The smallest absolute Gasteiger partial charge is 0.223 e. The van der Waals surface area contributed by atoms with Crippen LogP contribution in [0.4, 0.5) is 4.39 Å². The summed E-state index contributed by atoms with van der Waals surface area (Å²) in [5.74, 6) is 0.267. The number of benzene rings is 1. The van der Waals surface area contributed by atoms with E-state index in [-0.39, 0.29) is 6.04 Å². The van der Waals surface area contributed by atoms with Crippen molar-refractivity contribution in [3.63, 3.8) is 0 Å². The number of nitrogens with zero attached hydrogens (tertiary/aromatic N) is 1. The van der Waals surface area contributed by atoms with Crippen LogP contribution >= 0.6 is 23.2 Å². The lowest BCUT2D eigenvalue weighted by atomic mass is 10.2. The zero-order valence-corrected chi connectivity index (χ0v) is 13.2. The van der Waals surface area contributed by atoms with Gasteiger partial charge < -0.3 is 10.1 Å². The van der Waals surface area contributed by atoms with Gasteiger partial charge in [0.25, 0.3) is 0 Å². The number of ether oxygens (including phenoxy) is 1. The van der Waals surface area contributed by atoms with Gasteiger partial charge in [0.15, 0.2) is 0 Å². The highest BCUT2D eigenvalue weighted by Gasteiger charge is 2.11. The van der Waals surface area contributed by atoms with Gasteiger partial charge in [-0.1, -0.05) is 37.0 Å². The molecule has 1 heterocycles. The van der Waals surface area contributed by atoms with Crippen molar-refractivity contribution in [2.45, 2.75) is 26.4 Å². The summed E-state index contributed by atoms with van der Waals surface area (Å²) < 4.78 is 19.0. The summed E-state index contributed by atoms with van der Waals surface area (Å²) in [5.41, 5.74) is 0.611. The molecule has 2 rings (SSSR count). The van der Waals surface area contributed by atoms with Gasteiger partial charge in [0.05, 0.1) is 11.2 Å². The van der Waals surface area contributed by atoms with E-state index in [0.29, 0.717) is 33.8 Å². The molecule has 0 aliphatic heterocycles. The molecule has 0 bridgehead atoms. The molecule has 0 aliphatic carbocycles. The predicted molar refractivity (Wildman–Crippen MR) is 82.7 cm³/mol. The van der Waals surface area contributed by atoms with Gasteiger partial charge in [0.2, 0.25) is 5.88 Å². The van der Waals surface area contributed by atoms with E-state index in [4.69, 9.17) is 27.9 Å². The van der Waals surface area contributed by atoms with Crippen molar-refractivity contribution in [3.8, 4) is 11.6 Å². The molecule has 0 unspecified atom stereocenters. The molecule has 0 spiro atoms. The Hall–Kier alpha value is -1.36. The minimum absolute atomic E-state index is 0.260. The molecule has 112 valence electrons. The van der Waals surface area contributed by atoms with E-state index in [1.807, 2.05) is 13.8 Å². The minimum Gasteiger partial charge on any atom is -0.437 e. The number of pyridine rings is 1. The highest BCUT2D eigenvalue weighted by Crippen LogP contribution is 2.32. The first-order chi connectivity index (χ1) is 9.95. The molecule has 0 aliphatic rings. The summed E-state index contributed by atoms with van der Waals surface area (Å²) in [7, 11) is 0. The van der Waals surface area contributed by atoms with Crippen LogP contribution in [0.2, 0.25) is 10.0 Å². The summed E-state index contributed by atoms with van der Waals surface area (Å²) in [6.07, 6.45) is 1.10. The second-order valence-electron chi connectivity index (χ2n) is 4.83. The first-order valence-corrected chi connectivity index (χ1v) is 7.22. The molecule has 0 atom stereocenters. The molecular weight excluding hydrogens is 314 g/mol. The Bertz CT molecular complexity index is 635. The Morgan fingerprint density at radius 2 is 2.05 bits per heavy atom. The maximum Gasteiger partial charge on any atom is 0.223 e. The highest BCUT2D eigenvalue weighted by atomic mass is 35.5. The summed E-state index contributed by atoms with van der Waals surface area (Å²) >= 11 is 12.0. The average Bonchev–Trinajstić information content (AvgIpc) is 2.43. The fourth-order valence-electron chi connectivity index (χ4n) is 1.66.